The number of halogens is 1. The van der Waals surface area contributed by atoms with Crippen molar-refractivity contribution in [3.8, 4) is 6.07 Å². The lowest BCUT2D eigenvalue weighted by Crippen LogP contribution is -2.44. The summed E-state index contributed by atoms with van der Waals surface area (Å²) < 4.78 is 13.7. The summed E-state index contributed by atoms with van der Waals surface area (Å²) in [6.07, 6.45) is 0. The van der Waals surface area contributed by atoms with Crippen LogP contribution in [0.15, 0.2) is 48.5 Å². The molecule has 0 spiro atoms. The van der Waals surface area contributed by atoms with Crippen molar-refractivity contribution in [3.05, 3.63) is 71.0 Å². The molecule has 0 aromatic heterocycles. The van der Waals surface area contributed by atoms with Crippen LogP contribution in [0.3, 0.4) is 0 Å². The van der Waals surface area contributed by atoms with Crippen LogP contribution < -0.4 is 5.32 Å². The number of nitriles is 1. The second kappa shape index (κ2) is 7.51. The molecule has 2 aromatic rings. The molecule has 0 radical (unpaired) electrons. The number of nitrogens with zero attached hydrogens (tertiary/aromatic N) is 1. The van der Waals surface area contributed by atoms with Crippen molar-refractivity contribution < 1.29 is 14.0 Å². The number of amides is 1. The Balaban J connectivity index is 2.23. The minimum atomic E-state index is -0.787. The van der Waals surface area contributed by atoms with Gasteiger partial charge in [-0.15, -0.1) is 0 Å². The quantitative estimate of drug-likeness (QED) is 0.858. The molecule has 2 rings (SSSR count). The molecule has 1 N–H and O–H groups in total. The predicted molar refractivity (Wildman–Crippen MR) is 88.0 cm³/mol. The van der Waals surface area contributed by atoms with Gasteiger partial charge in [-0.1, -0.05) is 38.1 Å². The number of rotatable bonds is 5. The van der Waals surface area contributed by atoms with Gasteiger partial charge in [-0.25, -0.2) is 4.39 Å². The third-order valence-corrected chi connectivity index (χ3v) is 3.65. The topological polar surface area (TPSA) is 70.0 Å². The first kappa shape index (κ1) is 17.4. The molecule has 0 aliphatic carbocycles. The van der Waals surface area contributed by atoms with Gasteiger partial charge in [-0.3, -0.25) is 9.59 Å². The molecule has 0 aliphatic rings. The van der Waals surface area contributed by atoms with Gasteiger partial charge >= 0.3 is 0 Å². The van der Waals surface area contributed by atoms with Gasteiger partial charge in [0.15, 0.2) is 5.78 Å². The van der Waals surface area contributed by atoms with E-state index in [9.17, 15) is 14.0 Å². The van der Waals surface area contributed by atoms with Gasteiger partial charge in [0.2, 0.25) is 0 Å². The first-order valence-electron chi connectivity index (χ1n) is 7.53. The minimum absolute atomic E-state index is 0.101. The molecule has 0 saturated carbocycles. The van der Waals surface area contributed by atoms with E-state index in [0.717, 1.165) is 0 Å². The van der Waals surface area contributed by atoms with Gasteiger partial charge in [0.1, 0.15) is 5.82 Å². The van der Waals surface area contributed by atoms with E-state index in [4.69, 9.17) is 5.26 Å². The number of hydrogen-bond acceptors (Lipinski definition) is 3. The van der Waals surface area contributed by atoms with Crippen molar-refractivity contribution in [1.82, 2.24) is 5.32 Å². The van der Waals surface area contributed by atoms with Gasteiger partial charge in [0.25, 0.3) is 5.91 Å². The zero-order valence-electron chi connectivity index (χ0n) is 13.4. The summed E-state index contributed by atoms with van der Waals surface area (Å²) in [7, 11) is 0. The molecule has 0 saturated heterocycles. The molecule has 1 atom stereocenters. The molecule has 0 bridgehead atoms. The van der Waals surface area contributed by atoms with Gasteiger partial charge in [0.05, 0.1) is 23.2 Å². The average molecular weight is 324 g/mol. The lowest BCUT2D eigenvalue weighted by Gasteiger charge is -2.21. The van der Waals surface area contributed by atoms with E-state index in [1.807, 2.05) is 6.07 Å². The second-order valence-electron chi connectivity index (χ2n) is 5.73. The Labute approximate surface area is 139 Å². The Morgan fingerprint density at radius 2 is 1.71 bits per heavy atom. The molecule has 0 aliphatic heterocycles. The number of benzene rings is 2. The van der Waals surface area contributed by atoms with Crippen LogP contribution in [0.5, 0.6) is 0 Å². The van der Waals surface area contributed by atoms with E-state index >= 15 is 0 Å². The summed E-state index contributed by atoms with van der Waals surface area (Å²) in [6.45, 7) is 3.60. The highest BCUT2D eigenvalue weighted by molar-refractivity contribution is 6.04. The number of carbonyl (C=O) groups excluding carboxylic acids is 2. The standard InChI is InChI=1S/C19H17FN2O2/c1-12(2)17(18(23)14-9-7-13(11-21)8-10-14)22-19(24)15-5-3-4-6-16(15)20/h3-10,12,17H,1-2H3,(H,22,24). The van der Waals surface area contributed by atoms with E-state index in [-0.39, 0.29) is 17.3 Å². The van der Waals surface area contributed by atoms with Crippen LogP contribution >= 0.6 is 0 Å². The number of Topliss-reactive ketones (excluding diaryl/α,β-unsaturated/α-hetero) is 1. The summed E-state index contributed by atoms with van der Waals surface area (Å²) in [6, 6.07) is 13.0. The van der Waals surface area contributed by atoms with Crippen molar-refractivity contribution in [2.45, 2.75) is 19.9 Å². The van der Waals surface area contributed by atoms with E-state index in [0.29, 0.717) is 11.1 Å². The van der Waals surface area contributed by atoms with Gasteiger partial charge < -0.3 is 5.32 Å². The fourth-order valence-electron chi connectivity index (χ4n) is 2.29. The number of carbonyl (C=O) groups is 2. The Bertz CT molecular complexity index is 792. The molecule has 2 aromatic carbocycles. The van der Waals surface area contributed by atoms with Crippen molar-refractivity contribution in [2.75, 3.05) is 0 Å². The summed E-state index contributed by atoms with van der Waals surface area (Å²) in [5, 5.41) is 11.4. The van der Waals surface area contributed by atoms with Crippen LogP contribution in [0.4, 0.5) is 4.39 Å². The third kappa shape index (κ3) is 3.85. The largest absolute Gasteiger partial charge is 0.341 e. The van der Waals surface area contributed by atoms with Crippen LogP contribution in [0.25, 0.3) is 0 Å². The van der Waals surface area contributed by atoms with Crippen LogP contribution in [-0.4, -0.2) is 17.7 Å². The molecule has 4 nitrogen and oxygen atoms in total. The Morgan fingerprint density at radius 1 is 1.08 bits per heavy atom. The van der Waals surface area contributed by atoms with E-state index < -0.39 is 17.8 Å². The molecule has 122 valence electrons. The predicted octanol–water partition coefficient (Wildman–Crippen LogP) is 3.33. The Kier molecular flexibility index (Phi) is 5.43. The third-order valence-electron chi connectivity index (χ3n) is 3.65. The zero-order valence-corrected chi connectivity index (χ0v) is 13.4. The van der Waals surface area contributed by atoms with E-state index in [2.05, 4.69) is 5.32 Å². The van der Waals surface area contributed by atoms with Gasteiger partial charge in [-0.2, -0.15) is 5.26 Å². The Morgan fingerprint density at radius 3 is 2.25 bits per heavy atom. The highest BCUT2D eigenvalue weighted by Crippen LogP contribution is 2.14. The molecule has 1 unspecified atom stereocenters. The zero-order chi connectivity index (χ0) is 17.7. The van der Waals surface area contributed by atoms with Crippen molar-refractivity contribution in [3.63, 3.8) is 0 Å². The maximum atomic E-state index is 13.7. The van der Waals surface area contributed by atoms with Crippen LogP contribution in [0.1, 0.15) is 40.1 Å². The van der Waals surface area contributed by atoms with Gasteiger partial charge in [0, 0.05) is 5.56 Å². The summed E-state index contributed by atoms with van der Waals surface area (Å²) in [4.78, 5) is 24.9. The summed E-state index contributed by atoms with van der Waals surface area (Å²) >= 11 is 0. The molecule has 0 fully saturated rings. The van der Waals surface area contributed by atoms with E-state index in [1.54, 1.807) is 44.2 Å². The lowest BCUT2D eigenvalue weighted by molar-refractivity contribution is 0.0829. The number of hydrogen-bond donors (Lipinski definition) is 1. The normalized spacial score (nSPS) is 11.6. The summed E-state index contributed by atoms with van der Waals surface area (Å²) in [5.41, 5.74) is 0.736. The fourth-order valence-corrected chi connectivity index (χ4v) is 2.29. The first-order chi connectivity index (χ1) is 11.4. The SMILES string of the molecule is CC(C)C(NC(=O)c1ccccc1F)C(=O)c1ccc(C#N)cc1. The van der Waals surface area contributed by atoms with Crippen molar-refractivity contribution >= 4 is 11.7 Å². The molecule has 5 heteroatoms. The maximum Gasteiger partial charge on any atom is 0.254 e. The van der Waals surface area contributed by atoms with Crippen molar-refractivity contribution in [2.24, 2.45) is 5.92 Å². The number of nitrogens with one attached hydrogen (secondary N) is 1. The van der Waals surface area contributed by atoms with Crippen molar-refractivity contribution in [1.29, 1.82) is 5.26 Å². The van der Waals surface area contributed by atoms with Crippen LogP contribution in [0.2, 0.25) is 0 Å². The average Bonchev–Trinajstić information content (AvgIpc) is 2.59. The molecular formula is C19H17FN2O2. The molecule has 1 amide bonds. The van der Waals surface area contributed by atoms with Crippen LogP contribution in [0, 0.1) is 23.1 Å². The maximum absolute atomic E-state index is 13.7. The van der Waals surface area contributed by atoms with Gasteiger partial charge in [-0.05, 0) is 30.2 Å². The molecule has 24 heavy (non-hydrogen) atoms. The van der Waals surface area contributed by atoms with E-state index in [1.165, 1.54) is 18.2 Å². The highest BCUT2D eigenvalue weighted by atomic mass is 19.1. The molecular weight excluding hydrogens is 307 g/mol. The van der Waals surface area contributed by atoms with Crippen LogP contribution in [-0.2, 0) is 0 Å². The molecule has 0 heterocycles. The Hall–Kier alpha value is -3.00. The highest BCUT2D eigenvalue weighted by Gasteiger charge is 2.26. The first-order valence-corrected chi connectivity index (χ1v) is 7.53. The summed E-state index contributed by atoms with van der Waals surface area (Å²) in [5.74, 6) is -1.72. The fraction of sp³-hybridized carbons (Fsp3) is 0.211. The number of ketones is 1. The lowest BCUT2D eigenvalue weighted by atomic mass is 9.94. The minimum Gasteiger partial charge on any atom is -0.341 e. The second-order valence-corrected chi connectivity index (χ2v) is 5.73. The monoisotopic (exact) mass is 324 g/mol. The smallest absolute Gasteiger partial charge is 0.254 e.